The highest BCUT2D eigenvalue weighted by atomic mass is 16.7. The van der Waals surface area contributed by atoms with E-state index in [1.807, 2.05) is 72.7 Å². The zero-order valence-corrected chi connectivity index (χ0v) is 23.3. The first-order valence-corrected chi connectivity index (χ1v) is 13.4. The minimum atomic E-state index is -0.814. The van der Waals surface area contributed by atoms with Gasteiger partial charge in [-0.2, -0.15) is 0 Å². The fraction of sp³-hybridized carbons (Fsp3) is 0.724. The van der Waals surface area contributed by atoms with E-state index in [1.54, 1.807) is 18.2 Å². The van der Waals surface area contributed by atoms with Crippen LogP contribution in [0, 0.1) is 23.7 Å². The second-order valence-electron chi connectivity index (χ2n) is 10.9. The maximum absolute atomic E-state index is 12.8. The standard InChI is InChI=1S/C29H47NO6/c1-9-25-18(2)12-10-11-13-24(31)20(4)16-21(5)28(19(3)14-15-26(32)35-25)36-29-27(33)23(30(7)8)17-22(6)34-29/h10-15,18-23,25,27-29,33H,9,16-17H2,1-8H3. The van der Waals surface area contributed by atoms with Crippen molar-refractivity contribution in [2.75, 3.05) is 14.1 Å². The number of ether oxygens (including phenoxy) is 3. The number of esters is 1. The molecule has 0 aromatic heterocycles. The number of hydrogen-bond donors (Lipinski definition) is 1. The number of aliphatic hydroxyl groups excluding tert-OH is 1. The summed E-state index contributed by atoms with van der Waals surface area (Å²) in [6.45, 7) is 11.9. The molecule has 2 aliphatic heterocycles. The van der Waals surface area contributed by atoms with Crippen LogP contribution in [0.1, 0.15) is 60.8 Å². The van der Waals surface area contributed by atoms with E-state index in [2.05, 4.69) is 0 Å². The van der Waals surface area contributed by atoms with E-state index < -0.39 is 12.4 Å². The molecular weight excluding hydrogens is 458 g/mol. The lowest BCUT2D eigenvalue weighted by Crippen LogP contribution is -2.55. The van der Waals surface area contributed by atoms with Crippen LogP contribution >= 0.6 is 0 Å². The van der Waals surface area contributed by atoms with Gasteiger partial charge in [0.15, 0.2) is 12.1 Å². The summed E-state index contributed by atoms with van der Waals surface area (Å²) in [5.41, 5.74) is 0. The van der Waals surface area contributed by atoms with Crippen LogP contribution < -0.4 is 0 Å². The lowest BCUT2D eigenvalue weighted by atomic mass is 9.84. The van der Waals surface area contributed by atoms with Crippen LogP contribution in [0.3, 0.4) is 0 Å². The van der Waals surface area contributed by atoms with Crippen molar-refractivity contribution in [3.05, 3.63) is 36.5 Å². The van der Waals surface area contributed by atoms with Crippen LogP contribution in [-0.2, 0) is 23.8 Å². The average molecular weight is 506 g/mol. The van der Waals surface area contributed by atoms with E-state index in [1.165, 1.54) is 6.08 Å². The summed E-state index contributed by atoms with van der Waals surface area (Å²) >= 11 is 0. The fourth-order valence-electron chi connectivity index (χ4n) is 5.16. The maximum atomic E-state index is 12.8. The van der Waals surface area contributed by atoms with Crippen LogP contribution in [-0.4, -0.2) is 72.6 Å². The van der Waals surface area contributed by atoms with Gasteiger partial charge >= 0.3 is 5.97 Å². The van der Waals surface area contributed by atoms with Crippen molar-refractivity contribution >= 4 is 11.8 Å². The van der Waals surface area contributed by atoms with Gasteiger partial charge in [-0.3, -0.25) is 4.79 Å². The van der Waals surface area contributed by atoms with Crippen molar-refractivity contribution in [2.24, 2.45) is 23.7 Å². The van der Waals surface area contributed by atoms with Crippen molar-refractivity contribution in [1.82, 2.24) is 4.90 Å². The Bertz CT molecular complexity index is 806. The summed E-state index contributed by atoms with van der Waals surface area (Å²) < 4.78 is 18.2. The minimum absolute atomic E-state index is 0.0162. The first kappa shape index (κ1) is 30.4. The van der Waals surface area contributed by atoms with E-state index in [0.717, 1.165) is 0 Å². The lowest BCUT2D eigenvalue weighted by Gasteiger charge is -2.43. The van der Waals surface area contributed by atoms with Gasteiger partial charge < -0.3 is 24.2 Å². The highest BCUT2D eigenvalue weighted by Crippen LogP contribution is 2.31. The van der Waals surface area contributed by atoms with Crippen LogP contribution in [0.25, 0.3) is 0 Å². The molecule has 0 saturated carbocycles. The van der Waals surface area contributed by atoms with Crippen molar-refractivity contribution in [3.63, 3.8) is 0 Å². The summed E-state index contributed by atoms with van der Waals surface area (Å²) in [5.74, 6) is -0.727. The van der Waals surface area contributed by atoms with Crippen molar-refractivity contribution in [1.29, 1.82) is 0 Å². The van der Waals surface area contributed by atoms with Crippen LogP contribution in [0.15, 0.2) is 36.5 Å². The molecule has 10 atom stereocenters. The first-order chi connectivity index (χ1) is 16.9. The molecule has 0 aromatic rings. The summed E-state index contributed by atoms with van der Waals surface area (Å²) in [6, 6.07) is -0.0901. The molecule has 7 nitrogen and oxygen atoms in total. The zero-order chi connectivity index (χ0) is 27.0. The van der Waals surface area contributed by atoms with Crippen molar-refractivity contribution in [3.8, 4) is 0 Å². The molecule has 2 aliphatic rings. The predicted octanol–water partition coefficient (Wildman–Crippen LogP) is 4.31. The molecule has 0 aromatic carbocycles. The lowest BCUT2D eigenvalue weighted by molar-refractivity contribution is -0.277. The van der Waals surface area contributed by atoms with E-state index in [4.69, 9.17) is 14.2 Å². The van der Waals surface area contributed by atoms with Crippen LogP contribution in [0.2, 0.25) is 0 Å². The molecule has 1 fully saturated rings. The molecule has 2 rings (SSSR count). The number of ketones is 1. The molecule has 0 bridgehead atoms. The zero-order valence-electron chi connectivity index (χ0n) is 23.3. The molecule has 204 valence electrons. The SMILES string of the molecule is CCC1OC(=O)C=CC(C)C(OC2OC(C)CC(N(C)C)C2O)C(C)CC(C)C(=O)C=CC=CC1C. The molecule has 10 unspecified atom stereocenters. The Morgan fingerprint density at radius 3 is 2.33 bits per heavy atom. The van der Waals surface area contributed by atoms with Crippen LogP contribution in [0.5, 0.6) is 0 Å². The number of carbonyl (C=O) groups excluding carboxylic acids is 2. The van der Waals surface area contributed by atoms with Gasteiger partial charge in [0.1, 0.15) is 12.2 Å². The van der Waals surface area contributed by atoms with Gasteiger partial charge in [-0.25, -0.2) is 4.79 Å². The molecule has 36 heavy (non-hydrogen) atoms. The van der Waals surface area contributed by atoms with E-state index in [-0.39, 0.29) is 59.8 Å². The van der Waals surface area contributed by atoms with Gasteiger partial charge in [0.2, 0.25) is 0 Å². The molecule has 0 amide bonds. The molecule has 7 heteroatoms. The predicted molar refractivity (Wildman–Crippen MR) is 141 cm³/mol. The molecule has 0 radical (unpaired) electrons. The minimum Gasteiger partial charge on any atom is -0.459 e. The third-order valence-corrected chi connectivity index (χ3v) is 7.44. The Morgan fingerprint density at radius 2 is 1.69 bits per heavy atom. The van der Waals surface area contributed by atoms with Gasteiger partial charge in [-0.05, 0) is 52.3 Å². The number of cyclic esters (lactones) is 1. The third-order valence-electron chi connectivity index (χ3n) is 7.44. The Morgan fingerprint density at radius 1 is 1.00 bits per heavy atom. The smallest absolute Gasteiger partial charge is 0.330 e. The Labute approximate surface area is 217 Å². The van der Waals surface area contributed by atoms with Gasteiger partial charge in [0.25, 0.3) is 0 Å². The van der Waals surface area contributed by atoms with Gasteiger partial charge in [-0.1, -0.05) is 58.9 Å². The summed E-state index contributed by atoms with van der Waals surface area (Å²) in [5, 5.41) is 11.0. The average Bonchev–Trinajstić information content (AvgIpc) is 2.82. The highest BCUT2D eigenvalue weighted by Gasteiger charge is 2.40. The van der Waals surface area contributed by atoms with Crippen molar-refractivity contribution < 1.29 is 28.9 Å². The Balaban J connectivity index is 2.33. The third kappa shape index (κ3) is 8.65. The summed E-state index contributed by atoms with van der Waals surface area (Å²) in [7, 11) is 3.88. The number of rotatable bonds is 4. The quantitative estimate of drug-likeness (QED) is 0.570. The number of carbonyl (C=O) groups is 2. The Hall–Kier alpha value is -1.80. The Kier molecular flexibility index (Phi) is 12.0. The molecule has 1 N–H and O–H groups in total. The van der Waals surface area contributed by atoms with Gasteiger partial charge in [0, 0.05) is 29.9 Å². The molecule has 2 heterocycles. The summed E-state index contributed by atoms with van der Waals surface area (Å²) in [6.07, 6.45) is 10.1. The van der Waals surface area contributed by atoms with E-state index in [9.17, 15) is 14.7 Å². The largest absolute Gasteiger partial charge is 0.459 e. The molecule has 1 saturated heterocycles. The van der Waals surface area contributed by atoms with E-state index in [0.29, 0.717) is 19.3 Å². The second-order valence-corrected chi connectivity index (χ2v) is 10.9. The van der Waals surface area contributed by atoms with Gasteiger partial charge in [0.05, 0.1) is 12.2 Å². The topological polar surface area (TPSA) is 85.3 Å². The number of allylic oxidation sites excluding steroid dienone is 3. The highest BCUT2D eigenvalue weighted by molar-refractivity contribution is 5.91. The number of likely N-dealkylation sites (N-methyl/N-ethyl adjacent to an activating group) is 1. The molecular formula is C29H47NO6. The number of nitrogens with zero attached hydrogens (tertiary/aromatic N) is 1. The normalized spacial score (nSPS) is 39.4. The van der Waals surface area contributed by atoms with Crippen LogP contribution in [0.4, 0.5) is 0 Å². The molecule has 0 aliphatic carbocycles. The second kappa shape index (κ2) is 14.2. The fourth-order valence-corrected chi connectivity index (χ4v) is 5.16. The number of hydrogen-bond acceptors (Lipinski definition) is 7. The first-order valence-electron chi connectivity index (χ1n) is 13.4. The van der Waals surface area contributed by atoms with Gasteiger partial charge in [-0.15, -0.1) is 0 Å². The maximum Gasteiger partial charge on any atom is 0.330 e. The molecule has 0 spiro atoms. The number of aliphatic hydroxyl groups is 1. The monoisotopic (exact) mass is 505 g/mol. The summed E-state index contributed by atoms with van der Waals surface area (Å²) in [4.78, 5) is 27.4. The van der Waals surface area contributed by atoms with E-state index >= 15 is 0 Å². The van der Waals surface area contributed by atoms with Crippen molar-refractivity contribution in [2.45, 2.75) is 97.6 Å².